The number of alkyl halides is 1. The first-order chi connectivity index (χ1) is 23.0. The fourth-order valence-corrected chi connectivity index (χ4v) is 7.79. The molecular formula is C33H37F3N6O5S. The Kier molecular flexibility index (Phi) is 9.65. The molecule has 0 spiro atoms. The molecule has 2 saturated heterocycles. The molecule has 0 saturated carbocycles. The van der Waals surface area contributed by atoms with Gasteiger partial charge in [-0.2, -0.15) is 12.7 Å². The summed E-state index contributed by atoms with van der Waals surface area (Å²) in [5, 5.41) is 3.60. The molecule has 0 radical (unpaired) electrons. The van der Waals surface area contributed by atoms with E-state index in [4.69, 9.17) is 9.47 Å². The Bertz CT molecular complexity index is 1930. The van der Waals surface area contributed by atoms with Crippen molar-refractivity contribution in [2.45, 2.75) is 31.7 Å². The number of H-pyrrole nitrogens is 1. The number of pyridine rings is 1. The van der Waals surface area contributed by atoms with Crippen molar-refractivity contribution in [1.29, 1.82) is 0 Å². The van der Waals surface area contributed by atoms with E-state index in [1.54, 1.807) is 26.5 Å². The third-order valence-corrected chi connectivity index (χ3v) is 10.6. The SMILES string of the molecule is CNc1cc(-c2cnc3[nH]cc(C(=O)c4c(F)ccc(NS(=O)(=O)N5CC[C@@H](F)C5)c4F)c3c2)ccc1N1CCC(C(OC)OC)CC1. The Morgan fingerprint density at radius 3 is 2.44 bits per heavy atom. The number of hydrogen-bond acceptors (Lipinski definition) is 8. The molecule has 1 atom stereocenters. The van der Waals surface area contributed by atoms with Crippen molar-refractivity contribution in [3.05, 3.63) is 71.6 Å². The number of rotatable bonds is 11. The number of anilines is 3. The van der Waals surface area contributed by atoms with E-state index in [9.17, 15) is 17.6 Å². The molecule has 15 heteroatoms. The number of nitrogens with one attached hydrogen (secondary N) is 3. The molecule has 11 nitrogen and oxygen atoms in total. The molecule has 4 heterocycles. The van der Waals surface area contributed by atoms with Gasteiger partial charge in [-0.1, -0.05) is 6.07 Å². The Morgan fingerprint density at radius 1 is 1.02 bits per heavy atom. The average molecular weight is 687 g/mol. The number of aromatic nitrogens is 2. The zero-order valence-corrected chi connectivity index (χ0v) is 27.5. The highest BCUT2D eigenvalue weighted by Gasteiger charge is 2.33. The lowest BCUT2D eigenvalue weighted by atomic mass is 9.95. The minimum atomic E-state index is -4.34. The number of ether oxygens (including phenoxy) is 2. The first-order valence-corrected chi connectivity index (χ1v) is 17.0. The minimum Gasteiger partial charge on any atom is -0.386 e. The van der Waals surface area contributed by atoms with Crippen LogP contribution < -0.4 is 14.9 Å². The first-order valence-electron chi connectivity index (χ1n) is 15.6. The molecule has 2 aliphatic heterocycles. The Morgan fingerprint density at radius 2 is 1.77 bits per heavy atom. The molecule has 2 aromatic heterocycles. The van der Waals surface area contributed by atoms with Crippen molar-refractivity contribution < 1.29 is 35.9 Å². The fourth-order valence-electron chi connectivity index (χ4n) is 6.52. The number of carbonyl (C=O) groups is 1. The number of methoxy groups -OCH3 is 2. The second kappa shape index (κ2) is 13.7. The number of nitrogens with zero attached hydrogens (tertiary/aromatic N) is 3. The summed E-state index contributed by atoms with van der Waals surface area (Å²) in [6, 6.07) is 9.36. The molecule has 256 valence electrons. The highest BCUT2D eigenvalue weighted by Crippen LogP contribution is 2.36. The van der Waals surface area contributed by atoms with Crippen molar-refractivity contribution in [3.8, 4) is 11.1 Å². The summed E-state index contributed by atoms with van der Waals surface area (Å²) in [4.78, 5) is 23.3. The van der Waals surface area contributed by atoms with Crippen molar-refractivity contribution in [3.63, 3.8) is 0 Å². The van der Waals surface area contributed by atoms with E-state index in [1.165, 1.54) is 6.20 Å². The normalized spacial score (nSPS) is 17.8. The predicted octanol–water partition coefficient (Wildman–Crippen LogP) is 5.32. The molecule has 2 fully saturated rings. The van der Waals surface area contributed by atoms with Crippen LogP contribution in [0.3, 0.4) is 0 Å². The summed E-state index contributed by atoms with van der Waals surface area (Å²) in [5.74, 6) is -3.24. The number of aromatic amines is 1. The molecule has 0 amide bonds. The van der Waals surface area contributed by atoms with Gasteiger partial charge in [-0.25, -0.2) is 18.2 Å². The molecule has 2 aliphatic rings. The van der Waals surface area contributed by atoms with E-state index in [-0.39, 0.29) is 31.4 Å². The van der Waals surface area contributed by atoms with Crippen LogP contribution in [0, 0.1) is 17.6 Å². The largest absolute Gasteiger partial charge is 0.386 e. The summed E-state index contributed by atoms with van der Waals surface area (Å²) in [7, 11) is 0.804. The second-order valence-corrected chi connectivity index (χ2v) is 13.6. The number of piperidine rings is 1. The molecule has 6 rings (SSSR count). The standard InChI is InChI=1S/C33H37F3N6O5S/c1-37-27-15-20(4-7-28(27)41-11-8-19(9-12-41)33(46-2)47-3)21-14-23-24(17-39-32(23)38-16-21)31(43)29-25(35)5-6-26(30(29)36)40-48(44,45)42-13-10-22(34)18-42/h4-7,14-17,19,22,33,37,40H,8-13,18H2,1-3H3,(H,38,39)/t22-/m1/s1. The van der Waals surface area contributed by atoms with E-state index in [1.807, 2.05) is 30.0 Å². The smallest absolute Gasteiger partial charge is 0.301 e. The topological polar surface area (TPSA) is 129 Å². The lowest BCUT2D eigenvalue weighted by Gasteiger charge is -2.37. The lowest BCUT2D eigenvalue weighted by molar-refractivity contribution is -0.141. The van der Waals surface area contributed by atoms with Crippen LogP contribution >= 0.6 is 0 Å². The third kappa shape index (κ3) is 6.46. The molecule has 2 aromatic carbocycles. The summed E-state index contributed by atoms with van der Waals surface area (Å²) in [6.07, 6.45) is 3.22. The van der Waals surface area contributed by atoms with Crippen molar-refractivity contribution in [1.82, 2.24) is 14.3 Å². The third-order valence-electron chi connectivity index (χ3n) is 9.10. The lowest BCUT2D eigenvalue weighted by Crippen LogP contribution is -2.39. The molecule has 48 heavy (non-hydrogen) atoms. The van der Waals surface area contributed by atoms with Gasteiger partial charge in [0, 0.05) is 82.3 Å². The van der Waals surface area contributed by atoms with E-state index in [0.717, 1.165) is 59.3 Å². The monoisotopic (exact) mass is 686 g/mol. The summed E-state index contributed by atoms with van der Waals surface area (Å²) >= 11 is 0. The number of hydrogen-bond donors (Lipinski definition) is 3. The van der Waals surface area contributed by atoms with Crippen LogP contribution in [-0.2, 0) is 19.7 Å². The highest BCUT2D eigenvalue weighted by atomic mass is 32.2. The zero-order chi connectivity index (χ0) is 34.2. The summed E-state index contributed by atoms with van der Waals surface area (Å²) < 4.78 is 83.6. The van der Waals surface area contributed by atoms with Gasteiger partial charge in [-0.05, 0) is 55.2 Å². The Hall–Kier alpha value is -4.18. The van der Waals surface area contributed by atoms with Crippen LogP contribution in [0.25, 0.3) is 22.2 Å². The molecular weight excluding hydrogens is 649 g/mol. The van der Waals surface area contributed by atoms with Gasteiger partial charge in [0.1, 0.15) is 17.6 Å². The average Bonchev–Trinajstić information content (AvgIpc) is 3.73. The summed E-state index contributed by atoms with van der Waals surface area (Å²) in [5.41, 5.74) is 2.13. The van der Waals surface area contributed by atoms with Crippen LogP contribution in [-0.4, -0.2) is 88.4 Å². The van der Waals surface area contributed by atoms with E-state index >= 15 is 8.78 Å². The van der Waals surface area contributed by atoms with E-state index in [0.29, 0.717) is 22.5 Å². The van der Waals surface area contributed by atoms with Gasteiger partial charge in [0.25, 0.3) is 0 Å². The zero-order valence-electron chi connectivity index (χ0n) is 26.7. The van der Waals surface area contributed by atoms with Gasteiger partial charge < -0.3 is 24.7 Å². The highest BCUT2D eigenvalue weighted by molar-refractivity contribution is 7.90. The minimum absolute atomic E-state index is 0.0113. The van der Waals surface area contributed by atoms with Gasteiger partial charge in [0.05, 0.1) is 22.6 Å². The van der Waals surface area contributed by atoms with Crippen LogP contribution in [0.1, 0.15) is 35.2 Å². The number of halogens is 3. The quantitative estimate of drug-likeness (QED) is 0.143. The predicted molar refractivity (Wildman–Crippen MR) is 177 cm³/mol. The van der Waals surface area contributed by atoms with Gasteiger partial charge in [-0.3, -0.25) is 9.52 Å². The van der Waals surface area contributed by atoms with Crippen LogP contribution in [0.4, 0.5) is 30.2 Å². The van der Waals surface area contributed by atoms with Gasteiger partial charge >= 0.3 is 10.2 Å². The number of benzene rings is 2. The fraction of sp³-hybridized carbons (Fsp3) is 0.394. The van der Waals surface area contributed by atoms with Gasteiger partial charge in [0.15, 0.2) is 12.1 Å². The van der Waals surface area contributed by atoms with Gasteiger partial charge in [-0.15, -0.1) is 0 Å². The molecule has 3 N–H and O–H groups in total. The van der Waals surface area contributed by atoms with E-state index in [2.05, 4.69) is 20.2 Å². The second-order valence-electron chi connectivity index (χ2n) is 11.9. The van der Waals surface area contributed by atoms with Crippen LogP contribution in [0.2, 0.25) is 0 Å². The van der Waals surface area contributed by atoms with Gasteiger partial charge in [0.2, 0.25) is 5.78 Å². The molecule has 4 aromatic rings. The summed E-state index contributed by atoms with van der Waals surface area (Å²) in [6.45, 7) is 1.19. The number of ketones is 1. The maximum Gasteiger partial charge on any atom is 0.301 e. The van der Waals surface area contributed by atoms with E-state index < -0.39 is 45.0 Å². The number of fused-ring (bicyclic) bond motifs is 1. The van der Waals surface area contributed by atoms with Crippen LogP contribution in [0.15, 0.2) is 48.8 Å². The van der Waals surface area contributed by atoms with Crippen molar-refractivity contribution >= 4 is 44.1 Å². The van der Waals surface area contributed by atoms with Crippen molar-refractivity contribution in [2.75, 3.05) is 62.4 Å². The van der Waals surface area contributed by atoms with Crippen LogP contribution in [0.5, 0.6) is 0 Å². The maximum atomic E-state index is 15.7. The molecule has 0 unspecified atom stereocenters. The Labute approximate surface area is 276 Å². The maximum absolute atomic E-state index is 15.7. The van der Waals surface area contributed by atoms with Crippen molar-refractivity contribution in [2.24, 2.45) is 5.92 Å². The molecule has 0 aliphatic carbocycles. The molecule has 0 bridgehead atoms. The number of carbonyl (C=O) groups excluding carboxylic acids is 1. The first kappa shape index (κ1) is 33.7. The Balaban J connectivity index is 1.27.